The molecule has 0 bridgehead atoms. The van der Waals surface area contributed by atoms with Crippen molar-refractivity contribution in [3.8, 4) is 0 Å². The lowest BCUT2D eigenvalue weighted by atomic mass is 10.2. The Balaban J connectivity index is 2.19. The van der Waals surface area contributed by atoms with Gasteiger partial charge in [0.25, 0.3) is 0 Å². The summed E-state index contributed by atoms with van der Waals surface area (Å²) in [6.45, 7) is 2.61. The lowest BCUT2D eigenvalue weighted by molar-refractivity contribution is -0.137. The van der Waals surface area contributed by atoms with Gasteiger partial charge >= 0.3 is 6.18 Å². The third kappa shape index (κ3) is 3.63. The molecule has 114 valence electrons. The molecule has 1 aromatic heterocycles. The van der Waals surface area contributed by atoms with E-state index in [-0.39, 0.29) is 16.3 Å². The van der Waals surface area contributed by atoms with E-state index in [1.54, 1.807) is 17.1 Å². The number of rotatable bonds is 4. The van der Waals surface area contributed by atoms with Crippen molar-refractivity contribution in [1.29, 1.82) is 0 Å². The zero-order valence-corrected chi connectivity index (χ0v) is 12.0. The van der Waals surface area contributed by atoms with Crippen molar-refractivity contribution >= 4 is 16.5 Å². The Morgan fingerprint density at radius 1 is 1.38 bits per heavy atom. The molecule has 0 aliphatic rings. The Morgan fingerprint density at radius 2 is 2.10 bits per heavy atom. The first-order valence-electron chi connectivity index (χ1n) is 6.17. The highest BCUT2D eigenvalue weighted by Crippen LogP contribution is 2.32. The molecular weight excluding hydrogens is 303 g/mol. The van der Waals surface area contributed by atoms with Crippen LogP contribution in [0.25, 0.3) is 0 Å². The number of halogens is 3. The van der Waals surface area contributed by atoms with Gasteiger partial charge in [0.1, 0.15) is 0 Å². The third-order valence-electron chi connectivity index (χ3n) is 2.89. The highest BCUT2D eigenvalue weighted by Gasteiger charge is 2.31. The van der Waals surface area contributed by atoms with Crippen molar-refractivity contribution in [3.05, 3.63) is 41.7 Å². The molecule has 1 atom stereocenters. The second kappa shape index (κ2) is 5.88. The summed E-state index contributed by atoms with van der Waals surface area (Å²) in [7, 11) is -1.52. The fourth-order valence-corrected chi connectivity index (χ4v) is 2.96. The number of nitrogens with zero attached hydrogens (tertiary/aromatic N) is 2. The zero-order chi connectivity index (χ0) is 15.6. The van der Waals surface area contributed by atoms with E-state index in [1.807, 2.05) is 6.92 Å². The molecule has 0 spiro atoms. The fraction of sp³-hybridized carbons (Fsp3) is 0.308. The van der Waals surface area contributed by atoms with Crippen molar-refractivity contribution in [2.24, 2.45) is 0 Å². The molecule has 2 N–H and O–H groups in total. The van der Waals surface area contributed by atoms with Crippen LogP contribution in [0.2, 0.25) is 0 Å². The van der Waals surface area contributed by atoms with E-state index in [9.17, 15) is 17.4 Å². The molecule has 4 nitrogen and oxygen atoms in total. The van der Waals surface area contributed by atoms with E-state index >= 15 is 0 Å². The summed E-state index contributed by atoms with van der Waals surface area (Å²) >= 11 is 0. The Bertz CT molecular complexity index is 667. The van der Waals surface area contributed by atoms with Crippen molar-refractivity contribution in [1.82, 2.24) is 9.78 Å². The maximum absolute atomic E-state index is 12.5. The molecule has 21 heavy (non-hydrogen) atoms. The molecule has 2 aromatic rings. The van der Waals surface area contributed by atoms with Crippen LogP contribution in [-0.4, -0.2) is 14.0 Å². The van der Waals surface area contributed by atoms with Crippen LogP contribution in [0.3, 0.4) is 0 Å². The number of benzene rings is 1. The number of aromatic nitrogens is 2. The average molecular weight is 317 g/mol. The van der Waals surface area contributed by atoms with Crippen LogP contribution in [0.1, 0.15) is 18.1 Å². The standard InChI is InChI=1S/C13H14F3N3OS/c1-2-19-7-9(6-18-19)8-21(20)12-4-3-10(5-11(12)17)13(14,15)16/h3-7H,2,8,17H2,1H3. The molecular formula is C13H14F3N3OS. The lowest BCUT2D eigenvalue weighted by Crippen LogP contribution is -2.08. The Kier molecular flexibility index (Phi) is 4.36. The van der Waals surface area contributed by atoms with Gasteiger partial charge < -0.3 is 5.73 Å². The van der Waals surface area contributed by atoms with Gasteiger partial charge in [-0.05, 0) is 25.1 Å². The Morgan fingerprint density at radius 3 is 2.62 bits per heavy atom. The number of anilines is 1. The molecule has 0 saturated carbocycles. The summed E-state index contributed by atoms with van der Waals surface area (Å²) in [5.74, 6) is 0.162. The summed E-state index contributed by atoms with van der Waals surface area (Å²) in [5.41, 5.74) is 5.37. The molecule has 0 aliphatic carbocycles. The lowest BCUT2D eigenvalue weighted by Gasteiger charge is -2.10. The van der Waals surface area contributed by atoms with Crippen LogP contribution in [0.15, 0.2) is 35.5 Å². The first-order valence-corrected chi connectivity index (χ1v) is 7.49. The molecule has 1 heterocycles. The van der Waals surface area contributed by atoms with Gasteiger partial charge in [0.05, 0.1) is 33.2 Å². The maximum Gasteiger partial charge on any atom is 0.416 e. The highest BCUT2D eigenvalue weighted by atomic mass is 32.2. The second-order valence-electron chi connectivity index (χ2n) is 4.44. The van der Waals surface area contributed by atoms with Gasteiger partial charge in [0, 0.05) is 24.0 Å². The number of hydrogen-bond donors (Lipinski definition) is 1. The summed E-state index contributed by atoms with van der Waals surface area (Å²) in [6.07, 6.45) is -1.13. The van der Waals surface area contributed by atoms with E-state index in [4.69, 9.17) is 5.73 Å². The molecule has 0 aliphatic heterocycles. The number of alkyl halides is 3. The smallest absolute Gasteiger partial charge is 0.398 e. The molecule has 2 rings (SSSR count). The predicted molar refractivity (Wildman–Crippen MR) is 73.9 cm³/mol. The second-order valence-corrected chi connectivity index (χ2v) is 5.86. The van der Waals surface area contributed by atoms with Crippen molar-refractivity contribution in [3.63, 3.8) is 0 Å². The molecule has 0 saturated heterocycles. The molecule has 1 aromatic carbocycles. The van der Waals surface area contributed by atoms with E-state index < -0.39 is 22.5 Å². The minimum Gasteiger partial charge on any atom is -0.398 e. The minimum atomic E-state index is -4.46. The van der Waals surface area contributed by atoms with Crippen molar-refractivity contribution in [2.75, 3.05) is 5.73 Å². The maximum atomic E-state index is 12.5. The summed E-state index contributed by atoms with van der Waals surface area (Å²) < 4.78 is 51.5. The topological polar surface area (TPSA) is 60.9 Å². The van der Waals surface area contributed by atoms with Gasteiger partial charge in [-0.3, -0.25) is 8.89 Å². The third-order valence-corrected chi connectivity index (χ3v) is 4.35. The zero-order valence-electron chi connectivity index (χ0n) is 11.2. The first kappa shape index (κ1) is 15.6. The summed E-state index contributed by atoms with van der Waals surface area (Å²) in [4.78, 5) is 0.201. The van der Waals surface area contributed by atoms with E-state index in [0.29, 0.717) is 6.54 Å². The molecule has 0 amide bonds. The van der Waals surface area contributed by atoms with Gasteiger partial charge in [-0.15, -0.1) is 0 Å². The van der Waals surface area contributed by atoms with Gasteiger partial charge in [-0.25, -0.2) is 0 Å². The average Bonchev–Trinajstić information content (AvgIpc) is 2.85. The van der Waals surface area contributed by atoms with E-state index in [1.165, 1.54) is 6.07 Å². The Hall–Kier alpha value is -1.83. The van der Waals surface area contributed by atoms with Crippen molar-refractivity contribution < 1.29 is 17.4 Å². The van der Waals surface area contributed by atoms with Crippen LogP contribution < -0.4 is 5.73 Å². The molecule has 8 heteroatoms. The molecule has 1 unspecified atom stereocenters. The van der Waals surface area contributed by atoms with Crippen LogP contribution in [-0.2, 0) is 29.3 Å². The number of hydrogen-bond acceptors (Lipinski definition) is 3. The SMILES string of the molecule is CCn1cc(CS(=O)c2ccc(C(F)(F)F)cc2N)cn1. The highest BCUT2D eigenvalue weighted by molar-refractivity contribution is 7.84. The Labute approximate surface area is 122 Å². The number of nitrogen functional groups attached to an aromatic ring is 1. The minimum absolute atomic E-state index is 0.119. The predicted octanol–water partition coefficient (Wildman–Crippen LogP) is 2.81. The van der Waals surface area contributed by atoms with E-state index in [2.05, 4.69) is 5.10 Å². The summed E-state index contributed by atoms with van der Waals surface area (Å²) in [5, 5.41) is 4.05. The normalized spacial score (nSPS) is 13.3. The monoisotopic (exact) mass is 317 g/mol. The van der Waals surface area contributed by atoms with E-state index in [0.717, 1.165) is 17.7 Å². The number of aryl methyl sites for hydroxylation is 1. The molecule has 0 radical (unpaired) electrons. The first-order chi connectivity index (χ1) is 9.81. The summed E-state index contributed by atoms with van der Waals surface area (Å²) in [6, 6.07) is 2.86. The number of nitrogens with two attached hydrogens (primary N) is 1. The van der Waals surface area contributed by atoms with Crippen molar-refractivity contribution in [2.45, 2.75) is 30.3 Å². The van der Waals surface area contributed by atoms with Gasteiger partial charge in [0.15, 0.2) is 0 Å². The van der Waals surface area contributed by atoms with Crippen LogP contribution in [0.4, 0.5) is 18.9 Å². The van der Waals surface area contributed by atoms with Crippen LogP contribution in [0.5, 0.6) is 0 Å². The van der Waals surface area contributed by atoms with Crippen LogP contribution >= 0.6 is 0 Å². The molecule has 0 fully saturated rings. The van der Waals surface area contributed by atoms with Crippen LogP contribution in [0, 0.1) is 0 Å². The largest absolute Gasteiger partial charge is 0.416 e. The van der Waals surface area contributed by atoms with Gasteiger partial charge in [0.2, 0.25) is 0 Å². The fourth-order valence-electron chi connectivity index (χ4n) is 1.82. The van der Waals surface area contributed by atoms with Gasteiger partial charge in [-0.2, -0.15) is 18.3 Å². The quantitative estimate of drug-likeness (QED) is 0.882. The van der Waals surface area contributed by atoms with Gasteiger partial charge in [-0.1, -0.05) is 0 Å².